The monoisotopic (exact) mass is 748 g/mol. The molecule has 0 amide bonds. The first-order valence-corrected chi connectivity index (χ1v) is 16.7. The molecule has 0 spiro atoms. The maximum absolute atomic E-state index is 13.7. The lowest BCUT2D eigenvalue weighted by atomic mass is 9.83. The third kappa shape index (κ3) is 5.92. The number of benzene rings is 5. The molecule has 7 rings (SSSR count). The van der Waals surface area contributed by atoms with Crippen LogP contribution in [-0.2, 0) is 6.61 Å². The van der Waals surface area contributed by atoms with Gasteiger partial charge in [0.05, 0.1) is 31.5 Å². The Morgan fingerprint density at radius 2 is 1.15 bits per heavy atom. The van der Waals surface area contributed by atoms with Crippen molar-refractivity contribution in [3.8, 4) is 28.3 Å². The van der Waals surface area contributed by atoms with Crippen LogP contribution in [0.3, 0.4) is 0 Å². The Bertz CT molecular complexity index is 2220. The Morgan fingerprint density at radius 3 is 1.70 bits per heavy atom. The van der Waals surface area contributed by atoms with Gasteiger partial charge in [-0.3, -0.25) is 30.0 Å². The summed E-state index contributed by atoms with van der Waals surface area (Å²) >= 11 is 7.51. The first-order valence-electron chi connectivity index (χ1n) is 15.1. The highest BCUT2D eigenvalue weighted by Crippen LogP contribution is 2.43. The van der Waals surface area contributed by atoms with Crippen molar-refractivity contribution in [2.24, 2.45) is 0 Å². The molecular weight excluding hydrogens is 720 g/mol. The number of hydrogen-bond donors (Lipinski definition) is 4. The SMILES string of the molecule is Cc1ccc(-c2[nH][nH]c(=O)c2C(c2cc(Br)c(OCc3cccc4ccccc34)c(Br)c2)c2c(-c3ccc(C)cc3)[nH][nH]c2=O)cc1. The molecule has 0 aliphatic rings. The van der Waals surface area contributed by atoms with Crippen molar-refractivity contribution in [1.29, 1.82) is 0 Å². The number of hydrogen-bond acceptors (Lipinski definition) is 3. The van der Waals surface area contributed by atoms with Gasteiger partial charge in [-0.25, -0.2) is 0 Å². The van der Waals surface area contributed by atoms with Crippen LogP contribution in [-0.4, -0.2) is 20.4 Å². The number of H-pyrrole nitrogens is 4. The van der Waals surface area contributed by atoms with Gasteiger partial charge in [-0.15, -0.1) is 0 Å². The average Bonchev–Trinajstić information content (AvgIpc) is 3.64. The largest absolute Gasteiger partial charge is 0.487 e. The second-order valence-corrected chi connectivity index (χ2v) is 13.3. The van der Waals surface area contributed by atoms with Gasteiger partial charge in [-0.2, -0.15) is 0 Å². The summed E-state index contributed by atoms with van der Waals surface area (Å²) in [5, 5.41) is 14.0. The molecule has 0 aliphatic carbocycles. The number of halogens is 2. The fourth-order valence-corrected chi connectivity index (χ4v) is 7.56. The van der Waals surface area contributed by atoms with Crippen molar-refractivity contribution in [3.05, 3.63) is 166 Å². The second kappa shape index (κ2) is 12.7. The van der Waals surface area contributed by atoms with E-state index in [0.29, 0.717) is 43.8 Å². The molecule has 0 unspecified atom stereocenters. The number of aryl methyl sites for hydroxylation is 2. The number of ether oxygens (including phenoxy) is 1. The van der Waals surface area contributed by atoms with Gasteiger partial charge in [0.15, 0.2) is 0 Å². The normalized spacial score (nSPS) is 11.4. The zero-order valence-electron chi connectivity index (χ0n) is 25.6. The van der Waals surface area contributed by atoms with Crippen LogP contribution >= 0.6 is 31.9 Å². The van der Waals surface area contributed by atoms with Gasteiger partial charge in [0.25, 0.3) is 11.1 Å². The third-order valence-corrected chi connectivity index (χ3v) is 9.67. The Kier molecular flexibility index (Phi) is 8.34. The Hall–Kier alpha value is -4.86. The van der Waals surface area contributed by atoms with Gasteiger partial charge in [-0.05, 0) is 90.9 Å². The topological polar surface area (TPSA) is 107 Å². The van der Waals surface area contributed by atoms with E-state index in [1.165, 1.54) is 0 Å². The van der Waals surface area contributed by atoms with E-state index in [-0.39, 0.29) is 11.1 Å². The molecule has 0 saturated carbocycles. The minimum atomic E-state index is -0.757. The maximum Gasteiger partial charge on any atom is 0.268 e. The van der Waals surface area contributed by atoms with E-state index in [1.807, 2.05) is 92.7 Å². The Balaban J connectivity index is 1.37. The molecular formula is C38H30Br2N4O3. The summed E-state index contributed by atoms with van der Waals surface area (Å²) in [6.45, 7) is 4.38. The molecule has 5 aromatic carbocycles. The van der Waals surface area contributed by atoms with E-state index < -0.39 is 5.92 Å². The van der Waals surface area contributed by atoms with Gasteiger partial charge in [0.2, 0.25) is 0 Å². The van der Waals surface area contributed by atoms with Gasteiger partial charge in [0, 0.05) is 5.92 Å². The van der Waals surface area contributed by atoms with E-state index in [2.05, 4.69) is 76.5 Å². The summed E-state index contributed by atoms with van der Waals surface area (Å²) in [5.41, 5.74) is 7.07. The average molecular weight is 750 g/mol. The molecule has 234 valence electrons. The van der Waals surface area contributed by atoms with Crippen LogP contribution in [0.2, 0.25) is 0 Å². The minimum absolute atomic E-state index is 0.315. The quantitative estimate of drug-likeness (QED) is 0.125. The zero-order chi connectivity index (χ0) is 32.7. The van der Waals surface area contributed by atoms with E-state index in [0.717, 1.165) is 44.2 Å². The molecule has 0 aliphatic heterocycles. The lowest BCUT2D eigenvalue weighted by Gasteiger charge is -2.20. The van der Waals surface area contributed by atoms with E-state index in [1.54, 1.807) is 0 Å². The Labute approximate surface area is 287 Å². The summed E-state index contributed by atoms with van der Waals surface area (Å²) in [6.07, 6.45) is 0. The number of aromatic nitrogens is 4. The molecule has 2 aromatic heterocycles. The van der Waals surface area contributed by atoms with Gasteiger partial charge < -0.3 is 4.74 Å². The van der Waals surface area contributed by atoms with E-state index >= 15 is 0 Å². The van der Waals surface area contributed by atoms with Crippen molar-refractivity contribution in [2.75, 3.05) is 0 Å². The number of fused-ring (bicyclic) bond motifs is 1. The number of rotatable bonds is 8. The fourth-order valence-electron chi connectivity index (χ4n) is 6.11. The first-order chi connectivity index (χ1) is 22.8. The molecule has 0 radical (unpaired) electrons. The maximum atomic E-state index is 13.7. The molecule has 7 nitrogen and oxygen atoms in total. The van der Waals surface area contributed by atoms with Crippen LogP contribution in [0.25, 0.3) is 33.3 Å². The molecule has 0 saturated heterocycles. The van der Waals surface area contributed by atoms with Crippen LogP contribution in [0.4, 0.5) is 0 Å². The predicted molar refractivity (Wildman–Crippen MR) is 194 cm³/mol. The highest BCUT2D eigenvalue weighted by atomic mass is 79.9. The fraction of sp³-hybridized carbons (Fsp3) is 0.105. The smallest absolute Gasteiger partial charge is 0.268 e. The van der Waals surface area contributed by atoms with Gasteiger partial charge in [0.1, 0.15) is 12.4 Å². The molecule has 9 heteroatoms. The molecule has 7 aromatic rings. The lowest BCUT2D eigenvalue weighted by molar-refractivity contribution is 0.303. The van der Waals surface area contributed by atoms with Crippen molar-refractivity contribution in [1.82, 2.24) is 20.4 Å². The van der Waals surface area contributed by atoms with Crippen LogP contribution in [0.5, 0.6) is 5.75 Å². The highest BCUT2D eigenvalue weighted by Gasteiger charge is 2.32. The summed E-state index contributed by atoms with van der Waals surface area (Å²) in [5.74, 6) is -0.142. The summed E-state index contributed by atoms with van der Waals surface area (Å²) < 4.78 is 7.75. The summed E-state index contributed by atoms with van der Waals surface area (Å²) in [7, 11) is 0. The summed E-state index contributed by atoms with van der Waals surface area (Å²) in [6, 6.07) is 34.1. The van der Waals surface area contributed by atoms with Gasteiger partial charge in [-0.1, -0.05) is 102 Å². The standard InChI is InChI=1S/C38H30Br2N4O3/c1-21-10-14-24(15-11-21)34-32(37(45)43-41-34)31(33-35(42-44-38(33)46)25-16-12-22(2)13-17-25)27-18-29(39)36(30(40)19-27)47-20-26-8-5-7-23-6-3-4-9-28(23)26/h3-19,31H,20H2,1-2H3,(H2,41,43,45)(H2,42,44,46). The van der Waals surface area contributed by atoms with E-state index in [4.69, 9.17) is 4.74 Å². The molecule has 0 fully saturated rings. The van der Waals surface area contributed by atoms with Crippen molar-refractivity contribution < 1.29 is 4.74 Å². The van der Waals surface area contributed by atoms with Crippen molar-refractivity contribution in [3.63, 3.8) is 0 Å². The lowest BCUT2D eigenvalue weighted by Crippen LogP contribution is -2.20. The molecule has 4 N–H and O–H groups in total. The number of nitrogens with one attached hydrogen (secondary N) is 4. The minimum Gasteiger partial charge on any atom is -0.487 e. The molecule has 0 bridgehead atoms. The number of aromatic amines is 4. The predicted octanol–water partition coefficient (Wildman–Crippen LogP) is 9.11. The second-order valence-electron chi connectivity index (χ2n) is 11.6. The van der Waals surface area contributed by atoms with Crippen LogP contribution < -0.4 is 15.9 Å². The first kappa shape index (κ1) is 30.8. The van der Waals surface area contributed by atoms with Crippen molar-refractivity contribution >= 4 is 42.6 Å². The van der Waals surface area contributed by atoms with E-state index in [9.17, 15) is 9.59 Å². The van der Waals surface area contributed by atoms with Crippen molar-refractivity contribution in [2.45, 2.75) is 26.4 Å². The Morgan fingerprint density at radius 1 is 0.638 bits per heavy atom. The molecule has 2 heterocycles. The van der Waals surface area contributed by atoms with Crippen LogP contribution in [0.15, 0.2) is 122 Å². The third-order valence-electron chi connectivity index (χ3n) is 8.49. The van der Waals surface area contributed by atoms with Crippen LogP contribution in [0, 0.1) is 13.8 Å². The molecule has 47 heavy (non-hydrogen) atoms. The van der Waals surface area contributed by atoms with Crippen LogP contribution in [0.1, 0.15) is 39.3 Å². The highest BCUT2D eigenvalue weighted by molar-refractivity contribution is 9.11. The molecule has 0 atom stereocenters. The summed E-state index contributed by atoms with van der Waals surface area (Å²) in [4.78, 5) is 27.5. The van der Waals surface area contributed by atoms with Gasteiger partial charge >= 0.3 is 0 Å². The zero-order valence-corrected chi connectivity index (χ0v) is 28.8.